The molecule has 2 saturated heterocycles. The average molecular weight is 464 g/mol. The summed E-state index contributed by atoms with van der Waals surface area (Å²) in [5, 5.41) is 6.24. The molecule has 3 heterocycles. The zero-order valence-corrected chi connectivity index (χ0v) is 19.9. The fourth-order valence-corrected chi connectivity index (χ4v) is 6.52. The van der Waals surface area contributed by atoms with Gasteiger partial charge in [0.1, 0.15) is 11.6 Å². The van der Waals surface area contributed by atoms with E-state index in [0.29, 0.717) is 5.69 Å². The third-order valence-electron chi connectivity index (χ3n) is 8.53. The number of nitrogens with zero attached hydrogens (tertiary/aromatic N) is 1. The van der Waals surface area contributed by atoms with Crippen LogP contribution in [-0.2, 0) is 19.1 Å². The van der Waals surface area contributed by atoms with Crippen molar-refractivity contribution in [2.24, 2.45) is 11.8 Å². The SMILES string of the molecule is Cc1ccc(NC(=O)[C@@H]2[C@@H]3C=C[C@]4(O3)[C@@H]2C(=O)N(C2CC2)[C@@H]4C(=O)NC2CCCCC2)cc1C. The van der Waals surface area contributed by atoms with Crippen LogP contribution in [0.5, 0.6) is 0 Å². The Morgan fingerprint density at radius 3 is 2.50 bits per heavy atom. The van der Waals surface area contributed by atoms with Gasteiger partial charge in [0.15, 0.2) is 0 Å². The quantitative estimate of drug-likeness (QED) is 0.657. The Balaban J connectivity index is 1.29. The summed E-state index contributed by atoms with van der Waals surface area (Å²) in [4.78, 5) is 42.7. The molecule has 1 aromatic carbocycles. The molecule has 2 saturated carbocycles. The molecule has 3 amide bonds. The summed E-state index contributed by atoms with van der Waals surface area (Å²) >= 11 is 0. The first-order chi connectivity index (χ1) is 16.4. The lowest BCUT2D eigenvalue weighted by atomic mass is 9.74. The van der Waals surface area contributed by atoms with Gasteiger partial charge in [-0.05, 0) is 62.8 Å². The Bertz CT molecular complexity index is 1070. The number of nitrogens with one attached hydrogen (secondary N) is 2. The fraction of sp³-hybridized carbons (Fsp3) is 0.593. The number of carbonyl (C=O) groups excluding carboxylic acids is 3. The van der Waals surface area contributed by atoms with Gasteiger partial charge in [-0.25, -0.2) is 0 Å². The lowest BCUT2D eigenvalue weighted by Crippen LogP contribution is -2.57. The molecule has 7 nitrogen and oxygen atoms in total. The van der Waals surface area contributed by atoms with Gasteiger partial charge < -0.3 is 20.3 Å². The summed E-state index contributed by atoms with van der Waals surface area (Å²) in [6.45, 7) is 4.04. The van der Waals surface area contributed by atoms with Crippen LogP contribution in [-0.4, -0.2) is 52.5 Å². The molecule has 1 spiro atoms. The van der Waals surface area contributed by atoms with Crippen LogP contribution in [0.2, 0.25) is 0 Å². The van der Waals surface area contributed by atoms with Gasteiger partial charge in [-0.3, -0.25) is 14.4 Å². The molecule has 0 radical (unpaired) electrons. The number of aryl methyl sites for hydroxylation is 2. The van der Waals surface area contributed by atoms with Crippen molar-refractivity contribution in [2.45, 2.75) is 88.6 Å². The van der Waals surface area contributed by atoms with Crippen molar-refractivity contribution in [1.29, 1.82) is 0 Å². The van der Waals surface area contributed by atoms with Gasteiger partial charge >= 0.3 is 0 Å². The minimum atomic E-state index is -1.06. The molecule has 2 aliphatic carbocycles. The van der Waals surface area contributed by atoms with Crippen LogP contribution in [0, 0.1) is 25.7 Å². The van der Waals surface area contributed by atoms with Crippen molar-refractivity contribution in [3.63, 3.8) is 0 Å². The van der Waals surface area contributed by atoms with E-state index in [1.54, 1.807) is 4.90 Å². The van der Waals surface area contributed by atoms with E-state index in [1.807, 2.05) is 44.2 Å². The van der Waals surface area contributed by atoms with Crippen LogP contribution in [0.25, 0.3) is 0 Å². The van der Waals surface area contributed by atoms with Crippen molar-refractivity contribution >= 4 is 23.4 Å². The standard InChI is InChI=1S/C27H33N3O4/c1-15-8-9-18(14-16(15)2)29-24(31)21-20-12-13-27(34-20)22(21)26(33)30(19-10-11-19)23(27)25(32)28-17-6-4-3-5-7-17/h8-9,12-14,17,19-23H,3-7,10-11H2,1-2H3,(H,28,32)(H,29,31)/t20-,21+,22-,23+,27-/m0/s1. The molecule has 2 N–H and O–H groups in total. The van der Waals surface area contributed by atoms with Crippen LogP contribution in [0.3, 0.4) is 0 Å². The molecule has 6 rings (SSSR count). The number of likely N-dealkylation sites (tertiary alicyclic amines) is 1. The lowest BCUT2D eigenvalue weighted by Gasteiger charge is -2.34. The fourth-order valence-electron chi connectivity index (χ4n) is 6.52. The van der Waals surface area contributed by atoms with Crippen molar-refractivity contribution in [3.8, 4) is 0 Å². The van der Waals surface area contributed by atoms with E-state index in [4.69, 9.17) is 4.74 Å². The molecule has 180 valence electrons. The summed E-state index contributed by atoms with van der Waals surface area (Å²) in [7, 11) is 0. The van der Waals surface area contributed by atoms with Crippen LogP contribution in [0.4, 0.5) is 5.69 Å². The number of hydrogen-bond donors (Lipinski definition) is 2. The first kappa shape index (κ1) is 21.8. The number of fused-ring (bicyclic) bond motifs is 1. The summed E-state index contributed by atoms with van der Waals surface area (Å²) in [5.74, 6) is -1.78. The Kier molecular flexibility index (Phi) is 5.10. The molecule has 4 fully saturated rings. The van der Waals surface area contributed by atoms with Gasteiger partial charge in [-0.2, -0.15) is 0 Å². The second kappa shape index (κ2) is 7.94. The van der Waals surface area contributed by atoms with Gasteiger partial charge in [0.25, 0.3) is 0 Å². The maximum absolute atomic E-state index is 13.8. The van der Waals surface area contributed by atoms with Gasteiger partial charge in [0.05, 0.1) is 17.9 Å². The lowest BCUT2D eigenvalue weighted by molar-refractivity contribution is -0.142. The number of ether oxygens (including phenoxy) is 1. The highest BCUT2D eigenvalue weighted by molar-refractivity contribution is 6.03. The van der Waals surface area contributed by atoms with E-state index in [2.05, 4.69) is 10.6 Å². The number of rotatable bonds is 5. The number of benzene rings is 1. The van der Waals surface area contributed by atoms with Gasteiger partial charge in [0.2, 0.25) is 17.7 Å². The number of amides is 3. The largest absolute Gasteiger partial charge is 0.359 e. The van der Waals surface area contributed by atoms with Crippen molar-refractivity contribution in [1.82, 2.24) is 10.2 Å². The number of hydrogen-bond acceptors (Lipinski definition) is 4. The average Bonchev–Trinajstić information content (AvgIpc) is 3.41. The maximum atomic E-state index is 13.8. The van der Waals surface area contributed by atoms with Gasteiger partial charge in [0, 0.05) is 17.8 Å². The summed E-state index contributed by atoms with van der Waals surface area (Å²) < 4.78 is 6.40. The molecule has 5 atom stereocenters. The molecule has 34 heavy (non-hydrogen) atoms. The third-order valence-corrected chi connectivity index (χ3v) is 8.53. The first-order valence-corrected chi connectivity index (χ1v) is 12.8. The van der Waals surface area contributed by atoms with Crippen LogP contribution >= 0.6 is 0 Å². The molecular weight excluding hydrogens is 430 g/mol. The maximum Gasteiger partial charge on any atom is 0.246 e. The van der Waals surface area contributed by atoms with E-state index in [1.165, 1.54) is 6.42 Å². The van der Waals surface area contributed by atoms with Crippen LogP contribution in [0.1, 0.15) is 56.1 Å². The minimum Gasteiger partial charge on any atom is -0.359 e. The predicted octanol–water partition coefficient (Wildman–Crippen LogP) is 3.00. The molecule has 7 heteroatoms. The zero-order valence-electron chi connectivity index (χ0n) is 19.9. The monoisotopic (exact) mass is 463 g/mol. The summed E-state index contributed by atoms with van der Waals surface area (Å²) in [5.41, 5.74) is 1.90. The van der Waals surface area contributed by atoms with Crippen molar-refractivity contribution < 1.29 is 19.1 Å². The second-order valence-electron chi connectivity index (χ2n) is 10.8. The zero-order chi connectivity index (χ0) is 23.6. The Hall–Kier alpha value is -2.67. The van der Waals surface area contributed by atoms with Crippen LogP contribution < -0.4 is 10.6 Å². The first-order valence-electron chi connectivity index (χ1n) is 12.8. The Morgan fingerprint density at radius 1 is 1.03 bits per heavy atom. The highest BCUT2D eigenvalue weighted by atomic mass is 16.5. The third kappa shape index (κ3) is 3.31. The highest BCUT2D eigenvalue weighted by Crippen LogP contribution is 2.57. The Morgan fingerprint density at radius 2 is 1.79 bits per heavy atom. The topological polar surface area (TPSA) is 87.7 Å². The van der Waals surface area contributed by atoms with Gasteiger partial charge in [-0.1, -0.05) is 37.5 Å². The van der Waals surface area contributed by atoms with Crippen molar-refractivity contribution in [2.75, 3.05) is 5.32 Å². The minimum absolute atomic E-state index is 0.0640. The molecule has 1 aromatic rings. The molecule has 0 unspecified atom stereocenters. The van der Waals surface area contributed by atoms with E-state index in [0.717, 1.165) is 49.7 Å². The Labute approximate surface area is 200 Å². The van der Waals surface area contributed by atoms with Crippen molar-refractivity contribution in [3.05, 3.63) is 41.5 Å². The molecule has 5 aliphatic rings. The van der Waals surface area contributed by atoms with E-state index < -0.39 is 29.6 Å². The van der Waals surface area contributed by atoms with E-state index in [9.17, 15) is 14.4 Å². The molecule has 3 aliphatic heterocycles. The smallest absolute Gasteiger partial charge is 0.246 e. The predicted molar refractivity (Wildman–Crippen MR) is 127 cm³/mol. The number of carbonyl (C=O) groups is 3. The summed E-state index contributed by atoms with van der Waals surface area (Å²) in [6, 6.07) is 5.31. The second-order valence-corrected chi connectivity index (χ2v) is 10.8. The summed E-state index contributed by atoms with van der Waals surface area (Å²) in [6.07, 6.45) is 10.5. The van der Waals surface area contributed by atoms with E-state index >= 15 is 0 Å². The normalized spacial score (nSPS) is 34.4. The number of anilines is 1. The van der Waals surface area contributed by atoms with Crippen LogP contribution in [0.15, 0.2) is 30.4 Å². The van der Waals surface area contributed by atoms with E-state index in [-0.39, 0.29) is 29.8 Å². The highest BCUT2D eigenvalue weighted by Gasteiger charge is 2.74. The molecule has 0 aromatic heterocycles. The van der Waals surface area contributed by atoms with Gasteiger partial charge in [-0.15, -0.1) is 0 Å². The molecule has 2 bridgehead atoms. The molecular formula is C27H33N3O4.